The summed E-state index contributed by atoms with van der Waals surface area (Å²) < 4.78 is 39.5. The normalized spacial score (nSPS) is 10.0. The summed E-state index contributed by atoms with van der Waals surface area (Å²) in [6, 6.07) is 40.4. The number of phenolic OH excluding ortho intramolecular Hbond substituents is 3. The fourth-order valence-electron chi connectivity index (χ4n) is 5.08. The molecule has 6 aromatic carbocycles. The van der Waals surface area contributed by atoms with Crippen LogP contribution >= 0.6 is 36.7 Å². The zero-order valence-corrected chi connectivity index (χ0v) is 34.3. The summed E-state index contributed by atoms with van der Waals surface area (Å²) in [5, 5.41) is 46.9. The van der Waals surface area contributed by atoms with E-state index in [1.54, 1.807) is 18.2 Å². The number of aromatic hydroxyl groups is 3. The van der Waals surface area contributed by atoms with Crippen molar-refractivity contribution in [3.8, 4) is 17.2 Å². The molecule has 0 aromatic heterocycles. The van der Waals surface area contributed by atoms with Gasteiger partial charge in [0.15, 0.2) is 50.0 Å². The standard InChI is InChI=1S/2C15H15FN2OS.C14H13FN2OS/c1-10-5-2-3-6-11(10)9-17-15(20)18-13-8-4-7-12(16)14(13)19;16-12-7-4-8-13(14(12)19)18-15(20)17-10-9-11-5-2-1-3-6-11;15-11-7-4-8-12(13(11)18)17-14(19)16-9-10-5-2-1-3-6-10/h2-8,19H,9H2,1H3,(H2,17,18,20);1-8,19H,9-10H2,(H2,17,18,20);1-8,18H,9H2,(H2,16,17,19). The van der Waals surface area contributed by atoms with Gasteiger partial charge in [0.1, 0.15) is 0 Å². The molecule has 0 bridgehead atoms. The molecule has 6 rings (SSSR count). The van der Waals surface area contributed by atoms with Crippen LogP contribution in [-0.4, -0.2) is 37.2 Å². The van der Waals surface area contributed by atoms with E-state index in [1.165, 1.54) is 42.0 Å². The number of aryl methyl sites for hydroxylation is 1. The lowest BCUT2D eigenvalue weighted by Gasteiger charge is -2.13. The van der Waals surface area contributed by atoms with Crippen molar-refractivity contribution >= 4 is 69.1 Å². The van der Waals surface area contributed by atoms with Gasteiger partial charge in [0.2, 0.25) is 0 Å². The van der Waals surface area contributed by atoms with Crippen LogP contribution < -0.4 is 31.9 Å². The molecular weight excluding hydrogens is 814 g/mol. The summed E-state index contributed by atoms with van der Waals surface area (Å²) in [6.45, 7) is 3.80. The smallest absolute Gasteiger partial charge is 0.175 e. The van der Waals surface area contributed by atoms with E-state index in [0.29, 0.717) is 35.0 Å². The van der Waals surface area contributed by atoms with E-state index >= 15 is 0 Å². The van der Waals surface area contributed by atoms with Crippen LogP contribution in [0.3, 0.4) is 0 Å². The highest BCUT2D eigenvalue weighted by molar-refractivity contribution is 7.80. The Bertz CT molecular complexity index is 2310. The molecule has 0 atom stereocenters. The highest BCUT2D eigenvalue weighted by Gasteiger charge is 2.10. The SMILES string of the molecule is Cc1ccccc1CNC(=S)Nc1cccc(F)c1O.Oc1c(F)cccc1NC(=S)NCCc1ccccc1.Oc1c(F)cccc1NC(=S)NCc1ccccc1. The van der Waals surface area contributed by atoms with Gasteiger partial charge in [-0.1, -0.05) is 103 Å². The molecule has 306 valence electrons. The summed E-state index contributed by atoms with van der Waals surface area (Å²) in [7, 11) is 0. The number of hydrogen-bond acceptors (Lipinski definition) is 6. The van der Waals surface area contributed by atoms with Crippen molar-refractivity contribution in [2.24, 2.45) is 0 Å². The minimum Gasteiger partial charge on any atom is -0.503 e. The van der Waals surface area contributed by atoms with Crippen molar-refractivity contribution in [3.05, 3.63) is 179 Å². The second-order valence-corrected chi connectivity index (χ2v) is 13.8. The first-order valence-electron chi connectivity index (χ1n) is 18.1. The van der Waals surface area contributed by atoms with Crippen molar-refractivity contribution < 1.29 is 28.5 Å². The number of nitrogens with one attached hydrogen (secondary N) is 6. The highest BCUT2D eigenvalue weighted by Crippen LogP contribution is 2.27. The fraction of sp³-hybridized carbons (Fsp3) is 0.114. The number of hydrogen-bond donors (Lipinski definition) is 9. The first-order chi connectivity index (χ1) is 28.4. The maximum absolute atomic E-state index is 13.2. The molecule has 0 unspecified atom stereocenters. The van der Waals surface area contributed by atoms with Gasteiger partial charge in [-0.15, -0.1) is 0 Å². The fourth-order valence-corrected chi connectivity index (χ4v) is 5.65. The third-order valence-electron chi connectivity index (χ3n) is 8.24. The quantitative estimate of drug-likeness (QED) is 0.0481. The number of rotatable bonds is 10. The van der Waals surface area contributed by atoms with E-state index in [1.807, 2.05) is 91.9 Å². The summed E-state index contributed by atoms with van der Waals surface area (Å²) in [6.07, 6.45) is 0.831. The summed E-state index contributed by atoms with van der Waals surface area (Å²) in [5.74, 6) is -3.35. The molecule has 0 spiro atoms. The lowest BCUT2D eigenvalue weighted by molar-refractivity contribution is 0.435. The molecule has 15 heteroatoms. The molecular formula is C44H43F3N6O3S3. The molecule has 9 N–H and O–H groups in total. The lowest BCUT2D eigenvalue weighted by Crippen LogP contribution is -2.30. The maximum atomic E-state index is 13.2. The summed E-state index contributed by atoms with van der Waals surface area (Å²) in [4.78, 5) is 0. The molecule has 0 saturated carbocycles. The van der Waals surface area contributed by atoms with Crippen molar-refractivity contribution in [2.45, 2.75) is 26.4 Å². The second-order valence-electron chi connectivity index (χ2n) is 12.6. The number of benzene rings is 6. The molecule has 0 heterocycles. The van der Waals surface area contributed by atoms with Crippen LogP contribution in [-0.2, 0) is 19.5 Å². The zero-order valence-electron chi connectivity index (χ0n) is 31.8. The number of phenols is 3. The third-order valence-corrected chi connectivity index (χ3v) is 8.98. The predicted octanol–water partition coefficient (Wildman–Crippen LogP) is 9.40. The van der Waals surface area contributed by atoms with Gasteiger partial charge in [-0.05, 0) is 109 Å². The van der Waals surface area contributed by atoms with Crippen molar-refractivity contribution in [1.82, 2.24) is 16.0 Å². The van der Waals surface area contributed by atoms with E-state index in [0.717, 1.165) is 23.1 Å². The van der Waals surface area contributed by atoms with Crippen molar-refractivity contribution in [2.75, 3.05) is 22.5 Å². The Labute approximate surface area is 357 Å². The van der Waals surface area contributed by atoms with E-state index in [9.17, 15) is 28.5 Å². The molecule has 9 nitrogen and oxygen atoms in total. The van der Waals surface area contributed by atoms with E-state index in [4.69, 9.17) is 36.7 Å². The molecule has 6 aromatic rings. The number of halogens is 3. The topological polar surface area (TPSA) is 133 Å². The van der Waals surface area contributed by atoms with Crippen LogP contribution in [0.25, 0.3) is 0 Å². The molecule has 59 heavy (non-hydrogen) atoms. The summed E-state index contributed by atoms with van der Waals surface area (Å²) >= 11 is 15.3. The molecule has 0 aliphatic rings. The first-order valence-corrected chi connectivity index (χ1v) is 19.3. The van der Waals surface area contributed by atoms with Gasteiger partial charge in [-0.3, -0.25) is 0 Å². The van der Waals surface area contributed by atoms with Gasteiger partial charge in [-0.2, -0.15) is 0 Å². The maximum Gasteiger partial charge on any atom is 0.175 e. The minimum atomic E-state index is -0.684. The predicted molar refractivity (Wildman–Crippen MR) is 242 cm³/mol. The van der Waals surface area contributed by atoms with Gasteiger partial charge in [0, 0.05) is 19.6 Å². The molecule has 0 saturated heterocycles. The van der Waals surface area contributed by atoms with Crippen LogP contribution in [0, 0.1) is 24.4 Å². The van der Waals surface area contributed by atoms with Crippen molar-refractivity contribution in [3.63, 3.8) is 0 Å². The number of thiocarbonyl (C=S) groups is 3. The van der Waals surface area contributed by atoms with Gasteiger partial charge < -0.3 is 47.2 Å². The van der Waals surface area contributed by atoms with Gasteiger partial charge in [0.05, 0.1) is 17.1 Å². The summed E-state index contributed by atoms with van der Waals surface area (Å²) in [5.41, 5.74) is 5.31. The number of anilines is 3. The third kappa shape index (κ3) is 15.5. The Morgan fingerprint density at radius 3 is 1.31 bits per heavy atom. The van der Waals surface area contributed by atoms with Gasteiger partial charge in [0.25, 0.3) is 0 Å². The Hall–Kier alpha value is -6.42. The number of para-hydroxylation sites is 3. The second kappa shape index (κ2) is 23.7. The first kappa shape index (κ1) is 45.3. The molecule has 0 aliphatic carbocycles. The zero-order chi connectivity index (χ0) is 42.6. The largest absolute Gasteiger partial charge is 0.503 e. The lowest BCUT2D eigenvalue weighted by atomic mass is 10.1. The average Bonchev–Trinajstić information content (AvgIpc) is 3.23. The van der Waals surface area contributed by atoms with Gasteiger partial charge >= 0.3 is 0 Å². The Kier molecular flexibility index (Phi) is 18.2. The molecule has 0 amide bonds. The van der Waals surface area contributed by atoms with E-state index in [2.05, 4.69) is 31.9 Å². The van der Waals surface area contributed by atoms with E-state index in [-0.39, 0.29) is 17.1 Å². The van der Waals surface area contributed by atoms with Crippen molar-refractivity contribution in [1.29, 1.82) is 0 Å². The van der Waals surface area contributed by atoms with Gasteiger partial charge in [-0.25, -0.2) is 13.2 Å². The van der Waals surface area contributed by atoms with Crippen LogP contribution in [0.4, 0.5) is 30.2 Å². The average molecular weight is 857 g/mol. The minimum absolute atomic E-state index is 0.241. The Balaban J connectivity index is 0.000000196. The monoisotopic (exact) mass is 856 g/mol. The van der Waals surface area contributed by atoms with E-state index < -0.39 is 34.7 Å². The van der Waals surface area contributed by atoms with Crippen LogP contribution in [0.2, 0.25) is 0 Å². The Morgan fingerprint density at radius 1 is 0.458 bits per heavy atom. The van der Waals surface area contributed by atoms with Crippen LogP contribution in [0.15, 0.2) is 140 Å². The molecule has 0 fully saturated rings. The Morgan fingerprint density at radius 2 is 0.847 bits per heavy atom. The van der Waals surface area contributed by atoms with Crippen LogP contribution in [0.1, 0.15) is 22.3 Å². The van der Waals surface area contributed by atoms with Crippen LogP contribution in [0.5, 0.6) is 17.2 Å². The molecule has 0 aliphatic heterocycles. The highest BCUT2D eigenvalue weighted by atomic mass is 32.1. The molecule has 0 radical (unpaired) electrons.